The number of hydrogen-bond donors (Lipinski definition) is 4. The van der Waals surface area contributed by atoms with Gasteiger partial charge in [0, 0.05) is 83.5 Å². The van der Waals surface area contributed by atoms with Gasteiger partial charge in [-0.05, 0) is 36.5 Å². The lowest BCUT2D eigenvalue weighted by molar-refractivity contribution is -0.132. The first-order chi connectivity index (χ1) is 18.0. The van der Waals surface area contributed by atoms with Crippen molar-refractivity contribution in [1.82, 2.24) is 26.2 Å². The van der Waals surface area contributed by atoms with Crippen molar-refractivity contribution >= 4 is 23.4 Å². The molecular weight excluding hydrogens is 472 g/mol. The summed E-state index contributed by atoms with van der Waals surface area (Å²) in [4.78, 5) is 40.8. The lowest BCUT2D eigenvalue weighted by Gasteiger charge is -2.37. The second kappa shape index (κ2) is 13.4. The molecular formula is C27H40N6O4. The molecule has 1 aromatic carbocycles. The smallest absolute Gasteiger partial charge is 0.236 e. The van der Waals surface area contributed by atoms with E-state index in [0.29, 0.717) is 45.8 Å². The van der Waals surface area contributed by atoms with E-state index in [-0.39, 0.29) is 36.1 Å². The van der Waals surface area contributed by atoms with Gasteiger partial charge in [-0.1, -0.05) is 12.2 Å². The quantitative estimate of drug-likeness (QED) is 0.319. The van der Waals surface area contributed by atoms with E-state index in [2.05, 4.69) is 44.4 Å². The third-order valence-corrected chi connectivity index (χ3v) is 7.26. The fourth-order valence-electron chi connectivity index (χ4n) is 5.23. The van der Waals surface area contributed by atoms with Crippen molar-refractivity contribution in [2.24, 2.45) is 11.8 Å². The number of nitrogens with one attached hydrogen (secondary N) is 4. The fraction of sp³-hybridized carbons (Fsp3) is 0.593. The fourth-order valence-corrected chi connectivity index (χ4v) is 5.23. The van der Waals surface area contributed by atoms with Gasteiger partial charge < -0.3 is 35.8 Å². The van der Waals surface area contributed by atoms with Crippen LogP contribution in [0, 0.1) is 11.8 Å². The Morgan fingerprint density at radius 3 is 2.68 bits per heavy atom. The van der Waals surface area contributed by atoms with Crippen molar-refractivity contribution in [2.45, 2.75) is 26.3 Å². The predicted octanol–water partition coefficient (Wildman–Crippen LogP) is 0.242. The van der Waals surface area contributed by atoms with Crippen LogP contribution in [0.15, 0.2) is 30.4 Å². The van der Waals surface area contributed by atoms with Crippen molar-refractivity contribution < 1.29 is 19.1 Å². The van der Waals surface area contributed by atoms with Gasteiger partial charge >= 0.3 is 0 Å². The summed E-state index contributed by atoms with van der Waals surface area (Å²) in [6.45, 7) is 8.67. The van der Waals surface area contributed by atoms with Gasteiger partial charge in [0.1, 0.15) is 12.4 Å². The summed E-state index contributed by atoms with van der Waals surface area (Å²) < 4.78 is 6.14. The number of carbonyl (C=O) groups excluding carboxylic acids is 3. The minimum atomic E-state index is -0.111. The second-order valence-corrected chi connectivity index (χ2v) is 9.96. The standard InChI is InChI=1S/C27H40N6O4/c1-20(34)30-7-8-31-26(35)16-21-6-11-33-19-22(21)3-2-14-37-25-5-4-24(32-12-9-28-10-13-32)15-23(25)17-29-18-27(33)36/h2-5,15,21-22,28-29H,6-14,16-19H2,1H3,(H,30,34)(H,31,35)/b3-2+/t21-,22-/m0/s1. The molecule has 3 aliphatic heterocycles. The Balaban J connectivity index is 1.40. The maximum Gasteiger partial charge on any atom is 0.236 e. The molecule has 2 saturated heterocycles. The van der Waals surface area contributed by atoms with E-state index >= 15 is 0 Å². The summed E-state index contributed by atoms with van der Waals surface area (Å²) in [5.41, 5.74) is 2.22. The minimum Gasteiger partial charge on any atom is -0.489 e. The van der Waals surface area contributed by atoms with Gasteiger partial charge in [-0.25, -0.2) is 0 Å². The lowest BCUT2D eigenvalue weighted by Crippen LogP contribution is -2.47. The van der Waals surface area contributed by atoms with Gasteiger partial charge in [0.05, 0.1) is 6.54 Å². The van der Waals surface area contributed by atoms with Crippen LogP contribution in [0.3, 0.4) is 0 Å². The number of ether oxygens (including phenoxy) is 1. The van der Waals surface area contributed by atoms with Crippen molar-refractivity contribution in [3.8, 4) is 5.75 Å². The number of hydrogen-bond acceptors (Lipinski definition) is 7. The van der Waals surface area contributed by atoms with Crippen molar-refractivity contribution in [2.75, 3.05) is 70.4 Å². The number of piperidine rings is 1. The Morgan fingerprint density at radius 1 is 1.05 bits per heavy atom. The van der Waals surface area contributed by atoms with E-state index in [1.54, 1.807) is 0 Å². The van der Waals surface area contributed by atoms with Crippen molar-refractivity contribution in [1.29, 1.82) is 0 Å². The lowest BCUT2D eigenvalue weighted by atomic mass is 9.82. The third-order valence-electron chi connectivity index (χ3n) is 7.26. The molecule has 37 heavy (non-hydrogen) atoms. The second-order valence-electron chi connectivity index (χ2n) is 9.96. The number of rotatable bonds is 6. The molecule has 2 bridgehead atoms. The largest absolute Gasteiger partial charge is 0.489 e. The Labute approximate surface area is 219 Å². The molecule has 0 spiro atoms. The van der Waals surface area contributed by atoms with Crippen LogP contribution >= 0.6 is 0 Å². The number of carbonyl (C=O) groups is 3. The topological polar surface area (TPSA) is 115 Å². The highest BCUT2D eigenvalue weighted by Crippen LogP contribution is 2.29. The highest BCUT2D eigenvalue weighted by atomic mass is 16.5. The molecule has 3 heterocycles. The van der Waals surface area contributed by atoms with E-state index in [4.69, 9.17) is 4.74 Å². The van der Waals surface area contributed by atoms with E-state index in [9.17, 15) is 14.4 Å². The Hall–Kier alpha value is -3.11. The third kappa shape index (κ3) is 7.93. The van der Waals surface area contributed by atoms with Gasteiger partial charge in [-0.2, -0.15) is 0 Å². The van der Waals surface area contributed by atoms with Crippen LogP contribution in [0.4, 0.5) is 5.69 Å². The zero-order valence-electron chi connectivity index (χ0n) is 21.8. The summed E-state index contributed by atoms with van der Waals surface area (Å²) in [5, 5.41) is 12.3. The molecule has 10 heteroatoms. The van der Waals surface area contributed by atoms with Crippen LogP contribution in [0.5, 0.6) is 5.75 Å². The molecule has 3 amide bonds. The average molecular weight is 513 g/mol. The first kappa shape index (κ1) is 26.9. The molecule has 4 N–H and O–H groups in total. The van der Waals surface area contributed by atoms with Crippen molar-refractivity contribution in [3.05, 3.63) is 35.9 Å². The Bertz CT molecular complexity index is 978. The van der Waals surface area contributed by atoms with E-state index in [1.165, 1.54) is 12.6 Å². The van der Waals surface area contributed by atoms with Crippen LogP contribution < -0.4 is 30.9 Å². The summed E-state index contributed by atoms with van der Waals surface area (Å²) in [7, 11) is 0. The molecule has 2 fully saturated rings. The average Bonchev–Trinajstić information content (AvgIpc) is 2.91. The predicted molar refractivity (Wildman–Crippen MR) is 142 cm³/mol. The number of anilines is 1. The summed E-state index contributed by atoms with van der Waals surface area (Å²) in [6.07, 6.45) is 5.29. The van der Waals surface area contributed by atoms with E-state index in [1.807, 2.05) is 17.0 Å². The number of piperazine rings is 1. The minimum absolute atomic E-state index is 0.0291. The molecule has 0 radical (unpaired) electrons. The van der Waals surface area contributed by atoms with Crippen LogP contribution in [-0.4, -0.2) is 88.1 Å². The van der Waals surface area contributed by atoms with Gasteiger partial charge in [0.25, 0.3) is 0 Å². The first-order valence-electron chi connectivity index (χ1n) is 13.4. The van der Waals surface area contributed by atoms with Crippen LogP contribution in [0.1, 0.15) is 25.3 Å². The Kier molecular flexibility index (Phi) is 9.78. The van der Waals surface area contributed by atoms with Crippen LogP contribution in [0.25, 0.3) is 0 Å². The number of benzene rings is 1. The monoisotopic (exact) mass is 512 g/mol. The van der Waals surface area contributed by atoms with Gasteiger partial charge in [0.15, 0.2) is 0 Å². The van der Waals surface area contributed by atoms with Crippen LogP contribution in [-0.2, 0) is 20.9 Å². The molecule has 0 aliphatic carbocycles. The normalized spacial score (nSPS) is 23.4. The van der Waals surface area contributed by atoms with Crippen LogP contribution in [0.2, 0.25) is 0 Å². The zero-order valence-corrected chi connectivity index (χ0v) is 21.8. The van der Waals surface area contributed by atoms with Crippen molar-refractivity contribution in [3.63, 3.8) is 0 Å². The number of nitrogens with zero attached hydrogens (tertiary/aromatic N) is 2. The molecule has 0 unspecified atom stereocenters. The zero-order chi connectivity index (χ0) is 26.0. The van der Waals surface area contributed by atoms with Gasteiger partial charge in [-0.15, -0.1) is 0 Å². The molecule has 0 aromatic heterocycles. The summed E-state index contributed by atoms with van der Waals surface area (Å²) in [6, 6.07) is 6.30. The van der Waals surface area contributed by atoms with E-state index in [0.717, 1.165) is 43.9 Å². The molecule has 2 atom stereocenters. The molecule has 3 aliphatic rings. The molecule has 1 aromatic rings. The maximum absolute atomic E-state index is 13.0. The van der Waals surface area contributed by atoms with E-state index < -0.39 is 0 Å². The maximum atomic E-state index is 13.0. The summed E-state index contributed by atoms with van der Waals surface area (Å²) >= 11 is 0. The first-order valence-corrected chi connectivity index (χ1v) is 13.4. The highest BCUT2D eigenvalue weighted by molar-refractivity contribution is 5.79. The van der Waals surface area contributed by atoms with Gasteiger partial charge in [-0.3, -0.25) is 14.4 Å². The highest BCUT2D eigenvalue weighted by Gasteiger charge is 2.31. The SMILES string of the molecule is CC(=O)NCCNC(=O)C[C@@H]1CCN2C[C@@H]1/C=C/COc1ccc(N3CCNCC3)cc1CNCC2=O. The molecule has 10 nitrogen and oxygen atoms in total. The number of fused-ring (bicyclic) bond motifs is 3. The van der Waals surface area contributed by atoms with Gasteiger partial charge in [0.2, 0.25) is 17.7 Å². The summed E-state index contributed by atoms with van der Waals surface area (Å²) in [5.74, 6) is 0.988. The molecule has 202 valence electrons. The molecule has 0 saturated carbocycles. The molecule has 4 rings (SSSR count). The Morgan fingerprint density at radius 2 is 1.86 bits per heavy atom. The number of amides is 3.